The Hall–Kier alpha value is -2.60. The predicted molar refractivity (Wildman–Crippen MR) is 111 cm³/mol. The van der Waals surface area contributed by atoms with Crippen LogP contribution in [-0.2, 0) is 5.60 Å². The van der Waals surface area contributed by atoms with Crippen molar-refractivity contribution in [2.24, 2.45) is 5.92 Å². The van der Waals surface area contributed by atoms with E-state index in [0.29, 0.717) is 18.8 Å². The van der Waals surface area contributed by atoms with Gasteiger partial charge in [-0.2, -0.15) is 0 Å². The van der Waals surface area contributed by atoms with E-state index in [1.165, 1.54) is 0 Å². The van der Waals surface area contributed by atoms with Gasteiger partial charge in [0.15, 0.2) is 0 Å². The van der Waals surface area contributed by atoms with Crippen molar-refractivity contribution < 1.29 is 14.6 Å². The van der Waals surface area contributed by atoms with Gasteiger partial charge < -0.3 is 20.5 Å². The number of methoxy groups -OCH3 is 1. The average Bonchev–Trinajstić information content (AvgIpc) is 3.60. The predicted octanol–water partition coefficient (Wildman–Crippen LogP) is 3.67. The maximum Gasteiger partial charge on any atom is 0.315 e. The third-order valence-corrected chi connectivity index (χ3v) is 6.20. The molecule has 1 heterocycles. The topological polar surface area (TPSA) is 83.5 Å². The highest BCUT2D eigenvalue weighted by Crippen LogP contribution is 2.41. The van der Waals surface area contributed by atoms with Gasteiger partial charge in [0.2, 0.25) is 0 Å². The number of pyridine rings is 1. The highest BCUT2D eigenvalue weighted by atomic mass is 16.5. The molecule has 6 nitrogen and oxygen atoms in total. The lowest BCUT2D eigenvalue weighted by atomic mass is 9.78. The molecular formula is C23H29N3O3. The van der Waals surface area contributed by atoms with Crippen LogP contribution in [0.4, 0.5) is 4.79 Å². The summed E-state index contributed by atoms with van der Waals surface area (Å²) in [7, 11) is 1.65. The molecule has 0 aliphatic heterocycles. The maximum absolute atomic E-state index is 12.7. The summed E-state index contributed by atoms with van der Waals surface area (Å²) >= 11 is 0. The van der Waals surface area contributed by atoms with Crippen LogP contribution in [0.3, 0.4) is 0 Å². The molecule has 2 saturated carbocycles. The Balaban J connectivity index is 1.32. The molecule has 0 spiro atoms. The number of benzene rings is 1. The molecule has 154 valence electrons. The first-order valence-corrected chi connectivity index (χ1v) is 10.4. The zero-order valence-corrected chi connectivity index (χ0v) is 16.8. The van der Waals surface area contributed by atoms with Gasteiger partial charge in [0.05, 0.1) is 18.8 Å². The van der Waals surface area contributed by atoms with E-state index in [1.807, 2.05) is 36.4 Å². The fourth-order valence-corrected chi connectivity index (χ4v) is 4.25. The van der Waals surface area contributed by atoms with Crippen molar-refractivity contribution in [2.45, 2.75) is 56.2 Å². The number of carbonyl (C=O) groups excluding carboxylic acids is 1. The lowest BCUT2D eigenvalue weighted by molar-refractivity contribution is -0.00764. The number of aromatic nitrogens is 1. The molecular weight excluding hydrogens is 366 g/mol. The van der Waals surface area contributed by atoms with Crippen LogP contribution in [0.25, 0.3) is 0 Å². The van der Waals surface area contributed by atoms with Crippen molar-refractivity contribution in [3.8, 4) is 5.75 Å². The number of ether oxygens (including phenoxy) is 1. The van der Waals surface area contributed by atoms with E-state index in [4.69, 9.17) is 4.74 Å². The molecule has 1 unspecified atom stereocenters. The highest BCUT2D eigenvalue weighted by Gasteiger charge is 2.37. The number of hydrogen-bond donors (Lipinski definition) is 3. The van der Waals surface area contributed by atoms with Crippen LogP contribution in [-0.4, -0.2) is 29.3 Å². The number of urea groups is 1. The molecule has 2 aliphatic rings. The fourth-order valence-electron chi connectivity index (χ4n) is 4.25. The van der Waals surface area contributed by atoms with E-state index < -0.39 is 5.60 Å². The number of carbonyl (C=O) groups is 1. The van der Waals surface area contributed by atoms with Crippen LogP contribution >= 0.6 is 0 Å². The Kier molecular flexibility index (Phi) is 5.72. The molecule has 2 amide bonds. The minimum absolute atomic E-state index is 0.0248. The minimum atomic E-state index is -0.845. The summed E-state index contributed by atoms with van der Waals surface area (Å²) in [4.78, 5) is 16.8. The number of nitrogens with zero attached hydrogens (tertiary/aromatic N) is 1. The van der Waals surface area contributed by atoms with Crippen LogP contribution in [0.2, 0.25) is 0 Å². The van der Waals surface area contributed by atoms with E-state index in [-0.39, 0.29) is 18.1 Å². The Morgan fingerprint density at radius 2 is 1.90 bits per heavy atom. The summed E-state index contributed by atoms with van der Waals surface area (Å²) in [6.07, 6.45) is 8.45. The summed E-state index contributed by atoms with van der Waals surface area (Å²) in [5.74, 6) is 1.31. The van der Waals surface area contributed by atoms with Gasteiger partial charge in [0, 0.05) is 24.0 Å². The summed E-state index contributed by atoms with van der Waals surface area (Å²) in [6.45, 7) is 0. The molecule has 2 aliphatic carbocycles. The van der Waals surface area contributed by atoms with Crippen LogP contribution in [0.1, 0.15) is 55.7 Å². The van der Waals surface area contributed by atoms with Gasteiger partial charge in [-0.15, -0.1) is 0 Å². The van der Waals surface area contributed by atoms with Crippen molar-refractivity contribution in [1.82, 2.24) is 15.6 Å². The SMILES string of the molecule is COc1ccc(C(NC(=O)NC2CCC(O)(c3cccnc3)CC2)C2CC2)cc1. The van der Waals surface area contributed by atoms with Crippen molar-refractivity contribution >= 4 is 6.03 Å². The highest BCUT2D eigenvalue weighted by molar-refractivity contribution is 5.75. The fraction of sp³-hybridized carbons (Fsp3) is 0.478. The molecule has 2 fully saturated rings. The van der Waals surface area contributed by atoms with E-state index >= 15 is 0 Å². The van der Waals surface area contributed by atoms with Gasteiger partial charge >= 0.3 is 6.03 Å². The number of hydrogen-bond acceptors (Lipinski definition) is 4. The second-order valence-corrected chi connectivity index (χ2v) is 8.25. The van der Waals surface area contributed by atoms with Crippen LogP contribution < -0.4 is 15.4 Å². The van der Waals surface area contributed by atoms with E-state index in [1.54, 1.807) is 19.5 Å². The molecule has 1 aromatic heterocycles. The smallest absolute Gasteiger partial charge is 0.315 e. The molecule has 1 aromatic carbocycles. The third kappa shape index (κ3) is 4.70. The normalized spacial score (nSPS) is 25.1. The summed E-state index contributed by atoms with van der Waals surface area (Å²) in [6, 6.07) is 11.7. The second-order valence-electron chi connectivity index (χ2n) is 8.25. The maximum atomic E-state index is 12.7. The van der Waals surface area contributed by atoms with Gasteiger partial charge in [0.1, 0.15) is 5.75 Å². The summed E-state index contributed by atoms with van der Waals surface area (Å²) < 4.78 is 5.23. The molecule has 2 aromatic rings. The molecule has 4 rings (SSSR count). The quantitative estimate of drug-likeness (QED) is 0.697. The Labute approximate surface area is 171 Å². The van der Waals surface area contributed by atoms with Crippen molar-refractivity contribution in [3.05, 3.63) is 59.9 Å². The first-order valence-electron chi connectivity index (χ1n) is 10.4. The average molecular weight is 396 g/mol. The number of amides is 2. The third-order valence-electron chi connectivity index (χ3n) is 6.20. The largest absolute Gasteiger partial charge is 0.497 e. The van der Waals surface area contributed by atoms with Crippen molar-refractivity contribution in [3.63, 3.8) is 0 Å². The standard InChI is InChI=1S/C23H29N3O3/c1-29-20-8-6-17(7-9-20)21(16-4-5-16)26-22(27)25-19-10-12-23(28,13-11-19)18-3-2-14-24-15-18/h2-3,6-9,14-16,19,21,28H,4-5,10-13H2,1H3,(H2,25,26,27). The van der Waals surface area contributed by atoms with Crippen LogP contribution in [0.15, 0.2) is 48.8 Å². The van der Waals surface area contributed by atoms with Gasteiger partial charge in [-0.3, -0.25) is 4.98 Å². The number of rotatable bonds is 6. The van der Waals surface area contributed by atoms with Crippen LogP contribution in [0.5, 0.6) is 5.75 Å². The molecule has 1 atom stereocenters. The Morgan fingerprint density at radius 1 is 1.17 bits per heavy atom. The van der Waals surface area contributed by atoms with E-state index in [0.717, 1.165) is 42.6 Å². The van der Waals surface area contributed by atoms with Gasteiger partial charge in [-0.1, -0.05) is 18.2 Å². The van der Waals surface area contributed by atoms with E-state index in [2.05, 4.69) is 15.6 Å². The Bertz CT molecular complexity index is 813. The van der Waals surface area contributed by atoms with Gasteiger partial charge in [0.25, 0.3) is 0 Å². The zero-order valence-electron chi connectivity index (χ0n) is 16.8. The van der Waals surface area contributed by atoms with Gasteiger partial charge in [-0.25, -0.2) is 4.79 Å². The zero-order chi connectivity index (χ0) is 20.3. The molecule has 0 bridgehead atoms. The lowest BCUT2D eigenvalue weighted by Gasteiger charge is -2.36. The summed E-state index contributed by atoms with van der Waals surface area (Å²) in [5, 5.41) is 17.2. The van der Waals surface area contributed by atoms with Crippen molar-refractivity contribution in [1.29, 1.82) is 0 Å². The monoisotopic (exact) mass is 395 g/mol. The first-order chi connectivity index (χ1) is 14.1. The van der Waals surface area contributed by atoms with Gasteiger partial charge in [-0.05, 0) is 68.2 Å². The first kappa shape index (κ1) is 19.7. The molecule has 29 heavy (non-hydrogen) atoms. The number of nitrogens with one attached hydrogen (secondary N) is 2. The molecule has 6 heteroatoms. The van der Waals surface area contributed by atoms with Crippen LogP contribution in [0, 0.1) is 5.92 Å². The summed E-state index contributed by atoms with van der Waals surface area (Å²) in [5.41, 5.74) is 1.12. The number of aliphatic hydroxyl groups is 1. The second kappa shape index (κ2) is 8.41. The minimum Gasteiger partial charge on any atom is -0.497 e. The molecule has 3 N–H and O–H groups in total. The molecule has 0 radical (unpaired) electrons. The Morgan fingerprint density at radius 3 is 2.48 bits per heavy atom. The van der Waals surface area contributed by atoms with Crippen molar-refractivity contribution in [2.75, 3.05) is 7.11 Å². The lowest BCUT2D eigenvalue weighted by Crippen LogP contribution is -2.47. The molecule has 0 saturated heterocycles. The van der Waals surface area contributed by atoms with E-state index in [9.17, 15) is 9.90 Å².